The third-order valence-electron chi connectivity index (χ3n) is 2.84. The lowest BCUT2D eigenvalue weighted by atomic mass is 10.1. The summed E-state index contributed by atoms with van der Waals surface area (Å²) in [6.07, 6.45) is 1.55. The molecule has 3 heterocycles. The van der Waals surface area contributed by atoms with Crippen LogP contribution < -0.4 is 5.73 Å². The second-order valence-electron chi connectivity index (χ2n) is 4.67. The summed E-state index contributed by atoms with van der Waals surface area (Å²) in [6, 6.07) is 3.51. The molecule has 0 radical (unpaired) electrons. The molecule has 0 aliphatic carbocycles. The van der Waals surface area contributed by atoms with E-state index in [-0.39, 0.29) is 5.92 Å². The van der Waals surface area contributed by atoms with Crippen LogP contribution in [0.15, 0.2) is 27.3 Å². The Morgan fingerprint density at radius 1 is 1.40 bits per heavy atom. The number of nitrogens with two attached hydrogens (primary N) is 1. The normalized spacial score (nSPS) is 11.3. The predicted molar refractivity (Wildman–Crippen MR) is 69.6 cm³/mol. The topological polar surface area (TPSA) is 109 Å². The summed E-state index contributed by atoms with van der Waals surface area (Å²) in [5.74, 6) is 1.99. The van der Waals surface area contributed by atoms with Crippen molar-refractivity contribution >= 4 is 5.82 Å². The molecule has 20 heavy (non-hydrogen) atoms. The van der Waals surface area contributed by atoms with Crippen LogP contribution in [-0.2, 0) is 6.54 Å². The molecular weight excluding hydrogens is 260 g/mol. The molecule has 0 aliphatic rings. The molecule has 0 atom stereocenters. The number of hydrogen-bond donors (Lipinski definition) is 1. The summed E-state index contributed by atoms with van der Waals surface area (Å²) in [6.45, 7) is 4.40. The van der Waals surface area contributed by atoms with Crippen LogP contribution >= 0.6 is 0 Å². The third kappa shape index (κ3) is 2.15. The van der Waals surface area contributed by atoms with Gasteiger partial charge >= 0.3 is 0 Å². The van der Waals surface area contributed by atoms with Crippen molar-refractivity contribution < 1.29 is 8.94 Å². The first-order valence-corrected chi connectivity index (χ1v) is 6.20. The van der Waals surface area contributed by atoms with E-state index in [0.717, 1.165) is 5.69 Å². The van der Waals surface area contributed by atoms with Gasteiger partial charge in [-0.3, -0.25) is 0 Å². The van der Waals surface area contributed by atoms with Crippen LogP contribution in [-0.4, -0.2) is 25.1 Å². The number of aromatic nitrogens is 5. The first-order valence-electron chi connectivity index (χ1n) is 6.20. The second-order valence-corrected chi connectivity index (χ2v) is 4.67. The number of nitrogen functional groups attached to an aromatic ring is 1. The van der Waals surface area contributed by atoms with Crippen molar-refractivity contribution in [1.82, 2.24) is 25.1 Å². The third-order valence-corrected chi connectivity index (χ3v) is 2.84. The van der Waals surface area contributed by atoms with Gasteiger partial charge in [0.25, 0.3) is 5.89 Å². The minimum atomic E-state index is 0.210. The summed E-state index contributed by atoms with van der Waals surface area (Å²) in [5, 5.41) is 11.8. The fourth-order valence-electron chi connectivity index (χ4n) is 2.00. The van der Waals surface area contributed by atoms with Crippen LogP contribution in [0.3, 0.4) is 0 Å². The zero-order valence-electron chi connectivity index (χ0n) is 11.1. The molecule has 0 bridgehead atoms. The Morgan fingerprint density at radius 2 is 2.25 bits per heavy atom. The highest BCUT2D eigenvalue weighted by Gasteiger charge is 2.17. The van der Waals surface area contributed by atoms with Crippen LogP contribution in [0.4, 0.5) is 5.82 Å². The maximum Gasteiger partial charge on any atom is 0.293 e. The molecule has 2 N–H and O–H groups in total. The fraction of sp³-hybridized carbons (Fsp3) is 0.333. The molecule has 0 aliphatic heterocycles. The van der Waals surface area contributed by atoms with Crippen molar-refractivity contribution in [3.63, 3.8) is 0 Å². The number of hydrogen-bond acceptors (Lipinski definition) is 7. The van der Waals surface area contributed by atoms with Gasteiger partial charge in [-0.05, 0) is 18.1 Å². The summed E-state index contributed by atoms with van der Waals surface area (Å²) in [4.78, 5) is 4.26. The van der Waals surface area contributed by atoms with E-state index in [2.05, 4.69) is 20.5 Å². The highest BCUT2D eigenvalue weighted by atomic mass is 16.5. The molecule has 3 aromatic heterocycles. The second kappa shape index (κ2) is 4.80. The van der Waals surface area contributed by atoms with Crippen molar-refractivity contribution in [1.29, 1.82) is 0 Å². The summed E-state index contributed by atoms with van der Waals surface area (Å²) in [7, 11) is 0. The summed E-state index contributed by atoms with van der Waals surface area (Å²) >= 11 is 0. The molecule has 8 heteroatoms. The molecule has 0 saturated heterocycles. The Morgan fingerprint density at radius 3 is 2.95 bits per heavy atom. The van der Waals surface area contributed by atoms with Crippen LogP contribution in [0.1, 0.15) is 31.3 Å². The standard InChI is InChI=1S/C12H14N6O2/c1-7(2)10-11(13)15-17-18(10)6-9-14-12(20-16-9)8-4-3-5-19-8/h3-5,7H,6,13H2,1-2H3. The van der Waals surface area contributed by atoms with Crippen molar-refractivity contribution in [3.8, 4) is 11.7 Å². The molecule has 0 fully saturated rings. The first kappa shape index (κ1) is 12.4. The summed E-state index contributed by atoms with van der Waals surface area (Å²) < 4.78 is 12.0. The predicted octanol–water partition coefficient (Wildman–Crippen LogP) is 1.68. The fourth-order valence-corrected chi connectivity index (χ4v) is 2.00. The average molecular weight is 274 g/mol. The molecule has 3 aromatic rings. The molecule has 3 rings (SSSR count). The van der Waals surface area contributed by atoms with Crippen molar-refractivity contribution in [2.75, 3.05) is 5.73 Å². The summed E-state index contributed by atoms with van der Waals surface area (Å²) in [5.41, 5.74) is 6.66. The van der Waals surface area contributed by atoms with Gasteiger partial charge in [-0.25, -0.2) is 4.68 Å². The van der Waals surface area contributed by atoms with E-state index in [1.807, 2.05) is 13.8 Å². The Balaban J connectivity index is 1.85. The largest absolute Gasteiger partial charge is 0.459 e. The molecule has 0 aromatic carbocycles. The maximum absolute atomic E-state index is 5.80. The van der Waals surface area contributed by atoms with Gasteiger partial charge in [0.2, 0.25) is 0 Å². The lowest BCUT2D eigenvalue weighted by Crippen LogP contribution is -2.09. The van der Waals surface area contributed by atoms with Gasteiger partial charge in [0.1, 0.15) is 6.54 Å². The van der Waals surface area contributed by atoms with E-state index in [1.54, 1.807) is 23.1 Å². The highest BCUT2D eigenvalue weighted by Crippen LogP contribution is 2.21. The first-order chi connectivity index (χ1) is 9.65. The molecule has 104 valence electrons. The lowest BCUT2D eigenvalue weighted by molar-refractivity contribution is 0.405. The Bertz CT molecular complexity index is 697. The number of furan rings is 1. The van der Waals surface area contributed by atoms with E-state index in [1.165, 1.54) is 0 Å². The minimum Gasteiger partial charge on any atom is -0.459 e. The molecular formula is C12H14N6O2. The van der Waals surface area contributed by atoms with Gasteiger partial charge in [0.05, 0.1) is 12.0 Å². The number of nitrogens with zero attached hydrogens (tertiary/aromatic N) is 5. The number of anilines is 1. The SMILES string of the molecule is CC(C)c1c(N)nnn1Cc1noc(-c2ccco2)n1. The minimum absolute atomic E-state index is 0.210. The monoisotopic (exact) mass is 274 g/mol. The van der Waals surface area contributed by atoms with Gasteiger partial charge in [0.15, 0.2) is 17.4 Å². The molecule has 0 amide bonds. The lowest BCUT2D eigenvalue weighted by Gasteiger charge is -2.07. The molecule has 0 unspecified atom stereocenters. The van der Waals surface area contributed by atoms with E-state index in [9.17, 15) is 0 Å². The smallest absolute Gasteiger partial charge is 0.293 e. The van der Waals surface area contributed by atoms with Crippen LogP contribution in [0, 0.1) is 0 Å². The van der Waals surface area contributed by atoms with E-state index >= 15 is 0 Å². The Labute approximate surface area is 114 Å². The highest BCUT2D eigenvalue weighted by molar-refractivity contribution is 5.42. The van der Waals surface area contributed by atoms with Gasteiger partial charge < -0.3 is 14.7 Å². The Kier molecular flexibility index (Phi) is 2.97. The zero-order chi connectivity index (χ0) is 14.1. The van der Waals surface area contributed by atoms with Gasteiger partial charge in [0, 0.05) is 0 Å². The van der Waals surface area contributed by atoms with Gasteiger partial charge in [-0.1, -0.05) is 24.2 Å². The van der Waals surface area contributed by atoms with E-state index in [0.29, 0.717) is 29.8 Å². The molecule has 0 saturated carbocycles. The van der Waals surface area contributed by atoms with Crippen molar-refractivity contribution in [2.45, 2.75) is 26.3 Å². The van der Waals surface area contributed by atoms with E-state index in [4.69, 9.17) is 14.7 Å². The average Bonchev–Trinajstić information content (AvgIpc) is 3.10. The quantitative estimate of drug-likeness (QED) is 0.770. The molecule has 8 nitrogen and oxygen atoms in total. The molecule has 0 spiro atoms. The van der Waals surface area contributed by atoms with Gasteiger partial charge in [-0.2, -0.15) is 4.98 Å². The van der Waals surface area contributed by atoms with Crippen LogP contribution in [0.2, 0.25) is 0 Å². The van der Waals surface area contributed by atoms with Crippen LogP contribution in [0.5, 0.6) is 0 Å². The van der Waals surface area contributed by atoms with E-state index < -0.39 is 0 Å². The zero-order valence-corrected chi connectivity index (χ0v) is 11.1. The van der Waals surface area contributed by atoms with Crippen molar-refractivity contribution in [2.24, 2.45) is 0 Å². The Hall–Kier alpha value is -2.64. The van der Waals surface area contributed by atoms with Crippen molar-refractivity contribution in [3.05, 3.63) is 29.9 Å². The maximum atomic E-state index is 5.80. The number of rotatable bonds is 4. The van der Waals surface area contributed by atoms with Crippen LogP contribution in [0.25, 0.3) is 11.7 Å². The van der Waals surface area contributed by atoms with Gasteiger partial charge in [-0.15, -0.1) is 5.10 Å².